The van der Waals surface area contributed by atoms with E-state index in [4.69, 9.17) is 0 Å². The maximum absolute atomic E-state index is 4.40. The molecule has 2 aliphatic rings. The second-order valence-electron chi connectivity index (χ2n) is 9.09. The zero-order valence-electron chi connectivity index (χ0n) is 16.9. The van der Waals surface area contributed by atoms with E-state index in [-0.39, 0.29) is 5.04 Å². The van der Waals surface area contributed by atoms with Gasteiger partial charge in [0.05, 0.1) is 0 Å². The van der Waals surface area contributed by atoms with Crippen molar-refractivity contribution in [2.45, 2.75) is 32.2 Å². The minimum absolute atomic E-state index is 0.118. The number of fused-ring (bicyclic) bond motifs is 4. The van der Waals surface area contributed by atoms with Crippen molar-refractivity contribution >= 4 is 34.8 Å². The van der Waals surface area contributed by atoms with Crippen LogP contribution in [0.2, 0.25) is 5.04 Å². The van der Waals surface area contributed by atoms with Crippen molar-refractivity contribution < 1.29 is 0 Å². The number of benzene rings is 3. The van der Waals surface area contributed by atoms with Crippen LogP contribution in [0.15, 0.2) is 91.0 Å². The highest BCUT2D eigenvalue weighted by Crippen LogP contribution is 2.49. The summed E-state index contributed by atoms with van der Waals surface area (Å²) in [7, 11) is -2.31. The molecule has 0 saturated carbocycles. The normalized spacial score (nSPS) is 20.6. The van der Waals surface area contributed by atoms with Crippen molar-refractivity contribution in [2.75, 3.05) is 0 Å². The van der Waals surface area contributed by atoms with Gasteiger partial charge >= 0.3 is 0 Å². The number of allylic oxidation sites excluding steroid dienone is 3. The van der Waals surface area contributed by atoms with Gasteiger partial charge in [-0.25, -0.2) is 0 Å². The summed E-state index contributed by atoms with van der Waals surface area (Å²) in [6, 6.07) is 29.6. The molecule has 1 heteroatoms. The average Bonchev–Trinajstić information content (AvgIpc) is 2.76. The number of hydrogen-bond acceptors (Lipinski definition) is 0. The molecule has 0 aromatic heterocycles. The van der Waals surface area contributed by atoms with Crippen LogP contribution in [0.25, 0.3) is 11.1 Å². The zero-order valence-corrected chi connectivity index (χ0v) is 17.9. The highest BCUT2D eigenvalue weighted by atomic mass is 28.3. The molecule has 0 N–H and O–H groups in total. The fourth-order valence-corrected chi connectivity index (χ4v) is 11.6. The lowest BCUT2D eigenvalue weighted by Crippen LogP contribution is -2.73. The smallest absolute Gasteiger partial charge is 0.0949 e. The molecule has 3 aromatic carbocycles. The van der Waals surface area contributed by atoms with Gasteiger partial charge in [-0.2, -0.15) is 0 Å². The van der Waals surface area contributed by atoms with Gasteiger partial charge < -0.3 is 0 Å². The SMILES string of the molecule is C=C1CC2=C1c1ccccc1[Si@@](c1ccccc1)(C(C)(C)C)c1ccccc12. The van der Waals surface area contributed by atoms with Crippen molar-refractivity contribution in [1.29, 1.82) is 0 Å². The van der Waals surface area contributed by atoms with Crippen LogP contribution in [0.1, 0.15) is 38.3 Å². The Morgan fingerprint density at radius 3 is 1.86 bits per heavy atom. The maximum Gasteiger partial charge on any atom is 0.155 e. The largest absolute Gasteiger partial charge is 0.155 e. The molecule has 0 nitrogen and oxygen atoms in total. The van der Waals surface area contributed by atoms with Gasteiger partial charge in [-0.05, 0) is 54.9 Å². The highest BCUT2D eigenvalue weighted by Gasteiger charge is 2.53. The molecular formula is C27H26Si. The van der Waals surface area contributed by atoms with Gasteiger partial charge in [-0.3, -0.25) is 0 Å². The first-order valence-electron chi connectivity index (χ1n) is 10.1. The van der Waals surface area contributed by atoms with Crippen LogP contribution in [0, 0.1) is 0 Å². The zero-order chi connectivity index (χ0) is 19.5. The number of hydrogen-bond donors (Lipinski definition) is 0. The third-order valence-electron chi connectivity index (χ3n) is 6.63. The minimum Gasteiger partial charge on any atom is -0.0949 e. The predicted molar refractivity (Wildman–Crippen MR) is 124 cm³/mol. The van der Waals surface area contributed by atoms with Gasteiger partial charge in [0.2, 0.25) is 0 Å². The fraction of sp³-hybridized carbons (Fsp3) is 0.185. The quantitative estimate of drug-likeness (QED) is 0.514. The third-order valence-corrected chi connectivity index (χ3v) is 12.6. The first-order chi connectivity index (χ1) is 13.5. The molecule has 28 heavy (non-hydrogen) atoms. The van der Waals surface area contributed by atoms with Crippen LogP contribution in [0.4, 0.5) is 0 Å². The summed E-state index contributed by atoms with van der Waals surface area (Å²) in [6.07, 6.45) is 1.00. The summed E-state index contributed by atoms with van der Waals surface area (Å²) in [5.74, 6) is 0. The lowest BCUT2D eigenvalue weighted by molar-refractivity contribution is 0.739. The molecule has 0 saturated heterocycles. The van der Waals surface area contributed by atoms with E-state index in [0.717, 1.165) is 6.42 Å². The molecule has 0 radical (unpaired) electrons. The van der Waals surface area contributed by atoms with Gasteiger partial charge in [-0.1, -0.05) is 106 Å². The topological polar surface area (TPSA) is 0 Å². The molecule has 138 valence electrons. The lowest BCUT2D eigenvalue weighted by Gasteiger charge is -2.45. The third kappa shape index (κ3) is 2.11. The summed E-state index contributed by atoms with van der Waals surface area (Å²) in [5.41, 5.74) is 7.03. The number of rotatable bonds is 1. The van der Waals surface area contributed by atoms with Crippen LogP contribution in [-0.4, -0.2) is 8.07 Å². The van der Waals surface area contributed by atoms with E-state index < -0.39 is 8.07 Å². The molecule has 0 amide bonds. The molecule has 5 rings (SSSR count). The van der Waals surface area contributed by atoms with E-state index >= 15 is 0 Å². The Labute approximate surface area is 169 Å². The molecule has 1 aliphatic carbocycles. The molecule has 0 spiro atoms. The van der Waals surface area contributed by atoms with E-state index in [1.54, 1.807) is 5.19 Å². The van der Waals surface area contributed by atoms with Gasteiger partial charge in [0.15, 0.2) is 8.07 Å². The first kappa shape index (κ1) is 17.5. The Kier molecular flexibility index (Phi) is 3.69. The van der Waals surface area contributed by atoms with Gasteiger partial charge in [0, 0.05) is 0 Å². The van der Waals surface area contributed by atoms with Crippen LogP contribution < -0.4 is 15.6 Å². The molecule has 1 aliphatic heterocycles. The molecule has 0 bridgehead atoms. The highest BCUT2D eigenvalue weighted by molar-refractivity contribution is 7.14. The summed E-state index contributed by atoms with van der Waals surface area (Å²) >= 11 is 0. The van der Waals surface area contributed by atoms with Crippen LogP contribution in [-0.2, 0) is 0 Å². The fourth-order valence-electron chi connectivity index (χ4n) is 5.57. The Morgan fingerprint density at radius 1 is 0.714 bits per heavy atom. The first-order valence-corrected chi connectivity index (χ1v) is 12.1. The summed E-state index contributed by atoms with van der Waals surface area (Å²) in [5, 5.41) is 4.70. The second kappa shape index (κ2) is 5.92. The second-order valence-corrected chi connectivity index (χ2v) is 13.7. The summed E-state index contributed by atoms with van der Waals surface area (Å²) in [6.45, 7) is 11.7. The van der Waals surface area contributed by atoms with Crippen molar-refractivity contribution in [2.24, 2.45) is 0 Å². The van der Waals surface area contributed by atoms with E-state index in [2.05, 4.69) is 106 Å². The molecule has 0 fully saturated rings. The van der Waals surface area contributed by atoms with Gasteiger partial charge in [-0.15, -0.1) is 0 Å². The standard InChI is InChI=1S/C27H26Si/c1-19-18-23-21-14-8-10-16-24(21)28(27(2,3)4,20-12-6-5-7-13-20)25-17-11-9-15-22(25)26(19)23/h5-17H,1,18H2,2-4H3/t28-/m0/s1. The van der Waals surface area contributed by atoms with Crippen molar-refractivity contribution in [3.63, 3.8) is 0 Å². The monoisotopic (exact) mass is 378 g/mol. The van der Waals surface area contributed by atoms with Gasteiger partial charge in [0.1, 0.15) is 0 Å². The summed E-state index contributed by atoms with van der Waals surface area (Å²) in [4.78, 5) is 0. The lowest BCUT2D eigenvalue weighted by atomic mass is 9.77. The Morgan fingerprint density at radius 2 is 1.25 bits per heavy atom. The van der Waals surface area contributed by atoms with Crippen LogP contribution in [0.5, 0.6) is 0 Å². The van der Waals surface area contributed by atoms with E-state index in [1.165, 1.54) is 38.2 Å². The van der Waals surface area contributed by atoms with Crippen molar-refractivity contribution in [3.05, 3.63) is 102 Å². The minimum atomic E-state index is -2.31. The molecular weight excluding hydrogens is 352 g/mol. The molecule has 3 aromatic rings. The molecule has 1 atom stereocenters. The van der Waals surface area contributed by atoms with E-state index in [9.17, 15) is 0 Å². The maximum atomic E-state index is 4.40. The van der Waals surface area contributed by atoms with Crippen LogP contribution in [0.3, 0.4) is 0 Å². The van der Waals surface area contributed by atoms with Crippen molar-refractivity contribution in [1.82, 2.24) is 0 Å². The molecule has 0 unspecified atom stereocenters. The summed E-state index contributed by atoms with van der Waals surface area (Å²) < 4.78 is 0. The Hall–Kier alpha value is -2.64. The van der Waals surface area contributed by atoms with Crippen molar-refractivity contribution in [3.8, 4) is 0 Å². The Bertz CT molecular complexity index is 1130. The predicted octanol–water partition coefficient (Wildman–Crippen LogP) is 5.14. The van der Waals surface area contributed by atoms with Crippen LogP contribution >= 0.6 is 0 Å². The van der Waals surface area contributed by atoms with Gasteiger partial charge in [0.25, 0.3) is 0 Å². The van der Waals surface area contributed by atoms with E-state index in [0.29, 0.717) is 0 Å². The van der Waals surface area contributed by atoms with E-state index in [1.807, 2.05) is 0 Å². The molecule has 1 heterocycles. The average molecular weight is 379 g/mol. The Balaban J connectivity index is 2.03.